The van der Waals surface area contributed by atoms with Crippen LogP contribution in [0.25, 0.3) is 0 Å². The Kier molecular flexibility index (Phi) is 6.16. The third kappa shape index (κ3) is 4.66. The van der Waals surface area contributed by atoms with Crippen molar-refractivity contribution in [2.45, 2.75) is 26.0 Å². The van der Waals surface area contributed by atoms with Crippen molar-refractivity contribution < 1.29 is 14.3 Å². The zero-order valence-corrected chi connectivity index (χ0v) is 13.9. The molecule has 2 heterocycles. The minimum absolute atomic E-state index is 0.0804. The van der Waals surface area contributed by atoms with Gasteiger partial charge in [-0.25, -0.2) is 0 Å². The second-order valence-corrected chi connectivity index (χ2v) is 6.22. The summed E-state index contributed by atoms with van der Waals surface area (Å²) in [4.78, 5) is 29.6. The number of rotatable bonds is 4. The van der Waals surface area contributed by atoms with Crippen LogP contribution in [-0.2, 0) is 14.3 Å². The van der Waals surface area contributed by atoms with Crippen LogP contribution in [0.1, 0.15) is 13.8 Å². The Hall–Kier alpha value is -1.18. The molecule has 0 radical (unpaired) electrons. The molecule has 2 fully saturated rings. The van der Waals surface area contributed by atoms with E-state index in [9.17, 15) is 9.59 Å². The lowest BCUT2D eigenvalue weighted by molar-refractivity contribution is -0.139. The average molecular weight is 312 g/mol. The van der Waals surface area contributed by atoms with Gasteiger partial charge in [0.05, 0.1) is 18.8 Å². The fraction of sp³-hybridized carbons (Fsp3) is 0.867. The van der Waals surface area contributed by atoms with Crippen molar-refractivity contribution in [3.8, 4) is 0 Å². The normalized spacial score (nSPS) is 25.1. The van der Waals surface area contributed by atoms with Crippen molar-refractivity contribution in [1.82, 2.24) is 20.0 Å². The Labute approximate surface area is 132 Å². The van der Waals surface area contributed by atoms with Gasteiger partial charge in [-0.05, 0) is 14.0 Å². The summed E-state index contributed by atoms with van der Waals surface area (Å²) in [6.45, 7) is 9.25. The number of morpholine rings is 1. The number of piperazine rings is 1. The summed E-state index contributed by atoms with van der Waals surface area (Å²) in [7, 11) is 2.08. The first kappa shape index (κ1) is 17.2. The maximum atomic E-state index is 12.4. The molecule has 0 aromatic carbocycles. The monoisotopic (exact) mass is 312 g/mol. The van der Waals surface area contributed by atoms with Gasteiger partial charge in [0.15, 0.2) is 0 Å². The highest BCUT2D eigenvalue weighted by Crippen LogP contribution is 2.06. The number of carbonyl (C=O) groups is 2. The van der Waals surface area contributed by atoms with Gasteiger partial charge in [0.25, 0.3) is 0 Å². The molecule has 0 aliphatic carbocycles. The number of amides is 2. The molecular formula is C15H28N4O3. The second kappa shape index (κ2) is 7.89. The van der Waals surface area contributed by atoms with E-state index in [4.69, 9.17) is 4.74 Å². The van der Waals surface area contributed by atoms with E-state index >= 15 is 0 Å². The van der Waals surface area contributed by atoms with Gasteiger partial charge in [-0.3, -0.25) is 9.59 Å². The Balaban J connectivity index is 1.72. The van der Waals surface area contributed by atoms with Gasteiger partial charge >= 0.3 is 0 Å². The van der Waals surface area contributed by atoms with Crippen LogP contribution >= 0.6 is 0 Å². The van der Waals surface area contributed by atoms with Crippen LogP contribution in [0.3, 0.4) is 0 Å². The number of hydrogen-bond acceptors (Lipinski definition) is 5. The summed E-state index contributed by atoms with van der Waals surface area (Å²) < 4.78 is 5.69. The van der Waals surface area contributed by atoms with E-state index in [1.165, 1.54) is 0 Å². The van der Waals surface area contributed by atoms with Crippen LogP contribution in [0.2, 0.25) is 0 Å². The third-order valence-corrected chi connectivity index (χ3v) is 4.40. The van der Waals surface area contributed by atoms with Gasteiger partial charge in [0, 0.05) is 52.7 Å². The lowest BCUT2D eigenvalue weighted by atomic mass is 10.2. The number of likely N-dealkylation sites (N-methyl/N-ethyl adjacent to an activating group) is 1. The molecule has 0 bridgehead atoms. The molecule has 2 aliphatic heterocycles. The highest BCUT2D eigenvalue weighted by atomic mass is 16.5. The van der Waals surface area contributed by atoms with Gasteiger partial charge in [-0.2, -0.15) is 0 Å². The van der Waals surface area contributed by atoms with Gasteiger partial charge in [-0.1, -0.05) is 0 Å². The summed E-state index contributed by atoms with van der Waals surface area (Å²) in [5, 5.41) is 3.28. The van der Waals surface area contributed by atoms with E-state index < -0.39 is 0 Å². The summed E-state index contributed by atoms with van der Waals surface area (Å²) >= 11 is 0. The van der Waals surface area contributed by atoms with Crippen LogP contribution in [0, 0.1) is 0 Å². The fourth-order valence-corrected chi connectivity index (χ4v) is 2.90. The third-order valence-electron chi connectivity index (χ3n) is 4.40. The van der Waals surface area contributed by atoms with Gasteiger partial charge in [0.1, 0.15) is 0 Å². The van der Waals surface area contributed by atoms with Crippen LogP contribution in [0.15, 0.2) is 0 Å². The summed E-state index contributed by atoms with van der Waals surface area (Å²) in [6.07, 6.45) is 0.142. The van der Waals surface area contributed by atoms with Crippen LogP contribution in [0.4, 0.5) is 0 Å². The van der Waals surface area contributed by atoms with Gasteiger partial charge < -0.3 is 24.8 Å². The lowest BCUT2D eigenvalue weighted by Crippen LogP contribution is -2.55. The molecular weight excluding hydrogens is 284 g/mol. The largest absolute Gasteiger partial charge is 0.374 e. The Morgan fingerprint density at radius 3 is 2.41 bits per heavy atom. The van der Waals surface area contributed by atoms with Crippen molar-refractivity contribution >= 4 is 11.8 Å². The number of nitrogens with zero attached hydrogens (tertiary/aromatic N) is 3. The predicted molar refractivity (Wildman–Crippen MR) is 83.5 cm³/mol. The molecule has 2 atom stereocenters. The Bertz CT molecular complexity index is 396. The summed E-state index contributed by atoms with van der Waals surface area (Å²) in [6, 6.07) is -0.222. The molecule has 0 aromatic rings. The molecule has 0 aromatic heterocycles. The summed E-state index contributed by atoms with van der Waals surface area (Å²) in [5.74, 6) is 0.184. The maximum Gasteiger partial charge on any atom is 0.239 e. The lowest BCUT2D eigenvalue weighted by Gasteiger charge is -2.36. The van der Waals surface area contributed by atoms with E-state index in [2.05, 4.69) is 17.3 Å². The fourth-order valence-electron chi connectivity index (χ4n) is 2.90. The molecule has 0 saturated carbocycles. The van der Waals surface area contributed by atoms with E-state index in [0.29, 0.717) is 32.7 Å². The first-order valence-corrected chi connectivity index (χ1v) is 8.05. The number of ether oxygens (including phenoxy) is 1. The molecule has 0 unspecified atom stereocenters. The number of hydrogen-bond donors (Lipinski definition) is 1. The zero-order valence-electron chi connectivity index (χ0n) is 13.9. The SMILES string of the molecule is CC(=O)N1CCN(C(=O)[C@@H](C)NC[C@@H]2CN(C)CCO2)CC1. The van der Waals surface area contributed by atoms with Gasteiger partial charge in [0.2, 0.25) is 11.8 Å². The first-order valence-electron chi connectivity index (χ1n) is 8.05. The predicted octanol–water partition coefficient (Wildman–Crippen LogP) is -1.01. The van der Waals surface area contributed by atoms with Crippen LogP contribution < -0.4 is 5.32 Å². The van der Waals surface area contributed by atoms with E-state index in [-0.39, 0.29) is 24.0 Å². The number of carbonyl (C=O) groups excluding carboxylic acids is 2. The van der Waals surface area contributed by atoms with E-state index in [0.717, 1.165) is 19.7 Å². The Morgan fingerprint density at radius 1 is 1.18 bits per heavy atom. The first-order chi connectivity index (χ1) is 10.5. The van der Waals surface area contributed by atoms with Crippen molar-refractivity contribution in [2.24, 2.45) is 0 Å². The molecule has 2 rings (SSSR count). The minimum Gasteiger partial charge on any atom is -0.374 e. The second-order valence-electron chi connectivity index (χ2n) is 6.22. The van der Waals surface area contributed by atoms with E-state index in [1.807, 2.05) is 11.8 Å². The van der Waals surface area contributed by atoms with Gasteiger partial charge in [-0.15, -0.1) is 0 Å². The molecule has 2 amide bonds. The van der Waals surface area contributed by atoms with Crippen LogP contribution in [0.5, 0.6) is 0 Å². The van der Waals surface area contributed by atoms with Crippen molar-refractivity contribution in [3.63, 3.8) is 0 Å². The van der Waals surface area contributed by atoms with Crippen molar-refractivity contribution in [1.29, 1.82) is 0 Å². The summed E-state index contributed by atoms with van der Waals surface area (Å²) in [5.41, 5.74) is 0. The molecule has 2 aliphatic rings. The zero-order chi connectivity index (χ0) is 16.1. The molecule has 126 valence electrons. The number of nitrogens with one attached hydrogen (secondary N) is 1. The minimum atomic E-state index is -0.222. The molecule has 22 heavy (non-hydrogen) atoms. The highest BCUT2D eigenvalue weighted by molar-refractivity contribution is 5.82. The maximum absolute atomic E-state index is 12.4. The van der Waals surface area contributed by atoms with Crippen molar-refractivity contribution in [2.75, 3.05) is 59.5 Å². The Morgan fingerprint density at radius 2 is 1.82 bits per heavy atom. The molecule has 7 nitrogen and oxygen atoms in total. The molecule has 7 heteroatoms. The smallest absolute Gasteiger partial charge is 0.239 e. The highest BCUT2D eigenvalue weighted by Gasteiger charge is 2.26. The quantitative estimate of drug-likeness (QED) is 0.720. The average Bonchev–Trinajstić information content (AvgIpc) is 2.52. The van der Waals surface area contributed by atoms with Crippen LogP contribution in [-0.4, -0.2) is 98.1 Å². The molecule has 2 saturated heterocycles. The van der Waals surface area contributed by atoms with Crippen molar-refractivity contribution in [3.05, 3.63) is 0 Å². The van der Waals surface area contributed by atoms with E-state index in [1.54, 1.807) is 11.8 Å². The molecule has 0 spiro atoms. The standard InChI is InChI=1S/C15H28N4O3/c1-12(16-10-14-11-17(3)8-9-22-14)15(21)19-6-4-18(5-7-19)13(2)20/h12,14,16H,4-11H2,1-3H3/t12-,14-/m1/s1. The topological polar surface area (TPSA) is 65.1 Å². The molecule has 1 N–H and O–H groups in total.